The summed E-state index contributed by atoms with van der Waals surface area (Å²) in [6.45, 7) is 30.0. The third kappa shape index (κ3) is 42.9. The Morgan fingerprint density at radius 2 is 1.29 bits per heavy atom. The normalized spacial score (nSPS) is 9.53. The molecular weight excluding hydrogens is 494 g/mol. The minimum Gasteiger partial charge on any atom is -0.478 e. The van der Waals surface area contributed by atoms with Gasteiger partial charge in [0.15, 0.2) is 0 Å². The number of nitrogens with zero attached hydrogens (tertiary/aromatic N) is 1. The molecule has 0 radical (unpaired) electrons. The van der Waals surface area contributed by atoms with Crippen LogP contribution in [0.1, 0.15) is 67.7 Å². The zero-order chi connectivity index (χ0) is 31.3. The molecule has 0 heterocycles. The van der Waals surface area contributed by atoms with Crippen LogP contribution in [0.4, 0.5) is 0 Å². The highest BCUT2D eigenvalue weighted by molar-refractivity contribution is 5.87. The van der Waals surface area contributed by atoms with Crippen LogP contribution in [0, 0.1) is 0 Å². The number of hydrogen-bond acceptors (Lipinski definition) is 8. The minimum atomic E-state index is -0.981. The van der Waals surface area contributed by atoms with Crippen LogP contribution in [0.5, 0.6) is 0 Å². The summed E-state index contributed by atoms with van der Waals surface area (Å²) in [4.78, 5) is 42.5. The molecule has 3 N–H and O–H groups in total. The zero-order valence-electron chi connectivity index (χ0n) is 24.7. The maximum absolute atomic E-state index is 10.6. The molecule has 38 heavy (non-hydrogen) atoms. The lowest BCUT2D eigenvalue weighted by Gasteiger charge is -2.13. The average Bonchev–Trinajstić information content (AvgIpc) is 2.87. The SMILES string of the molecule is C=C(C)C(=O)OC.C=C(C)C(=O)OCC(C)O.C=C(CCCC)C(=O)O.C=CC(=O)O.CCN(CC)CC. The van der Waals surface area contributed by atoms with Crippen molar-refractivity contribution in [3.8, 4) is 0 Å². The zero-order valence-corrected chi connectivity index (χ0v) is 24.7. The summed E-state index contributed by atoms with van der Waals surface area (Å²) in [7, 11) is 1.33. The predicted octanol–water partition coefficient (Wildman–Crippen LogP) is 4.64. The van der Waals surface area contributed by atoms with Crippen LogP contribution >= 0.6 is 0 Å². The van der Waals surface area contributed by atoms with E-state index in [1.54, 1.807) is 20.8 Å². The fraction of sp³-hybridized carbons (Fsp3) is 0.571. The second kappa shape index (κ2) is 31.8. The Hall–Kier alpha value is -3.24. The first-order chi connectivity index (χ1) is 17.5. The van der Waals surface area contributed by atoms with Crippen molar-refractivity contribution in [1.82, 2.24) is 4.90 Å². The monoisotopic (exact) mass is 545 g/mol. The summed E-state index contributed by atoms with van der Waals surface area (Å²) in [6.07, 6.45) is 2.78. The molecule has 1 unspecified atom stereocenters. The van der Waals surface area contributed by atoms with Gasteiger partial charge in [0, 0.05) is 22.8 Å². The van der Waals surface area contributed by atoms with Crippen LogP contribution in [0.15, 0.2) is 49.1 Å². The lowest BCUT2D eigenvalue weighted by molar-refractivity contribution is -0.141. The lowest BCUT2D eigenvalue weighted by Crippen LogP contribution is -2.21. The van der Waals surface area contributed by atoms with Crippen LogP contribution < -0.4 is 0 Å². The van der Waals surface area contributed by atoms with Gasteiger partial charge in [-0.2, -0.15) is 0 Å². The van der Waals surface area contributed by atoms with E-state index in [1.807, 2.05) is 6.92 Å². The van der Waals surface area contributed by atoms with E-state index in [4.69, 9.17) is 15.3 Å². The number of aliphatic carboxylic acids is 2. The van der Waals surface area contributed by atoms with Crippen molar-refractivity contribution in [1.29, 1.82) is 0 Å². The van der Waals surface area contributed by atoms with Crippen LogP contribution in [0.3, 0.4) is 0 Å². The lowest BCUT2D eigenvalue weighted by atomic mass is 10.1. The van der Waals surface area contributed by atoms with Crippen LogP contribution in [-0.2, 0) is 28.7 Å². The van der Waals surface area contributed by atoms with Gasteiger partial charge in [-0.25, -0.2) is 19.2 Å². The molecule has 0 aromatic carbocycles. The third-order valence-electron chi connectivity index (χ3n) is 3.99. The van der Waals surface area contributed by atoms with E-state index >= 15 is 0 Å². The van der Waals surface area contributed by atoms with Crippen molar-refractivity contribution in [2.45, 2.75) is 73.8 Å². The summed E-state index contributed by atoms with van der Waals surface area (Å²) in [5.74, 6) is -2.66. The van der Waals surface area contributed by atoms with Crippen molar-refractivity contribution < 1.29 is 44.0 Å². The summed E-state index contributed by atoms with van der Waals surface area (Å²) in [6, 6.07) is 0. The van der Waals surface area contributed by atoms with Crippen molar-refractivity contribution in [3.05, 3.63) is 49.1 Å². The number of carboxylic acid groups (broad SMARTS) is 2. The van der Waals surface area contributed by atoms with Gasteiger partial charge in [0.25, 0.3) is 0 Å². The summed E-state index contributed by atoms with van der Waals surface area (Å²) in [5, 5.41) is 24.6. The molecule has 10 nitrogen and oxygen atoms in total. The third-order valence-corrected chi connectivity index (χ3v) is 3.99. The predicted molar refractivity (Wildman–Crippen MR) is 152 cm³/mol. The molecule has 0 spiro atoms. The number of ether oxygens (including phenoxy) is 2. The number of methoxy groups -OCH3 is 1. The smallest absolute Gasteiger partial charge is 0.333 e. The maximum Gasteiger partial charge on any atom is 0.333 e. The first-order valence-electron chi connectivity index (χ1n) is 12.3. The molecule has 1 atom stereocenters. The molecule has 0 amide bonds. The molecule has 0 aromatic rings. The Balaban J connectivity index is -0.000000122. The first-order valence-corrected chi connectivity index (χ1v) is 12.3. The standard InChI is InChI=1S/C7H12O3.C7H12O2.C6H15N.C5H8O2.C3H4O2/c1-5(2)7(9)10-4-6(3)8;1-3-4-5-6(2)7(8)9;1-4-7(5-2)6-3;1-4(2)5(6)7-3;1-2-3(4)5/h6,8H,1,4H2,2-3H3;2-5H2,1H3,(H,8,9);4-6H2,1-3H3;1H2,2-3H3;2H,1H2,(H,4,5). The topological polar surface area (TPSA) is 151 Å². The Labute approximate surface area is 229 Å². The highest BCUT2D eigenvalue weighted by Crippen LogP contribution is 2.03. The van der Waals surface area contributed by atoms with Gasteiger partial charge >= 0.3 is 23.9 Å². The maximum atomic E-state index is 10.6. The van der Waals surface area contributed by atoms with Crippen LogP contribution in [0.2, 0.25) is 0 Å². The largest absolute Gasteiger partial charge is 0.478 e. The van der Waals surface area contributed by atoms with E-state index in [1.165, 1.54) is 26.7 Å². The summed E-state index contributed by atoms with van der Waals surface area (Å²) in [5.41, 5.74) is 1.10. The number of esters is 2. The number of aliphatic hydroxyl groups is 1. The molecule has 0 saturated carbocycles. The van der Waals surface area contributed by atoms with E-state index in [0.717, 1.165) is 18.9 Å². The number of carbonyl (C=O) groups is 4. The molecule has 0 saturated heterocycles. The summed E-state index contributed by atoms with van der Waals surface area (Å²) < 4.78 is 8.85. The fourth-order valence-electron chi connectivity index (χ4n) is 1.66. The molecule has 0 aliphatic heterocycles. The van der Waals surface area contributed by atoms with Crippen LogP contribution in [-0.4, -0.2) is 83.6 Å². The number of carboxylic acids is 2. The van der Waals surface area contributed by atoms with E-state index in [9.17, 15) is 19.2 Å². The molecular formula is C28H51NO9. The van der Waals surface area contributed by atoms with Gasteiger partial charge in [0.1, 0.15) is 6.61 Å². The van der Waals surface area contributed by atoms with Gasteiger partial charge in [0.2, 0.25) is 0 Å². The molecule has 0 aliphatic rings. The molecule has 0 aliphatic carbocycles. The number of hydrogen-bond donors (Lipinski definition) is 3. The van der Waals surface area contributed by atoms with Crippen molar-refractivity contribution in [2.75, 3.05) is 33.4 Å². The van der Waals surface area contributed by atoms with Crippen molar-refractivity contribution in [3.63, 3.8) is 0 Å². The Bertz CT molecular complexity index is 704. The highest BCUT2D eigenvalue weighted by Gasteiger charge is 2.04. The highest BCUT2D eigenvalue weighted by atomic mass is 16.5. The Morgan fingerprint density at radius 1 is 0.895 bits per heavy atom. The van der Waals surface area contributed by atoms with Crippen LogP contribution in [0.25, 0.3) is 0 Å². The van der Waals surface area contributed by atoms with Gasteiger partial charge in [-0.3, -0.25) is 0 Å². The van der Waals surface area contributed by atoms with E-state index in [0.29, 0.717) is 23.1 Å². The fourth-order valence-corrected chi connectivity index (χ4v) is 1.66. The first kappa shape index (κ1) is 44.7. The second-order valence-electron chi connectivity index (χ2n) is 7.67. The number of rotatable bonds is 12. The van der Waals surface area contributed by atoms with Gasteiger partial charge in [-0.15, -0.1) is 0 Å². The molecule has 0 aromatic heterocycles. The molecule has 0 bridgehead atoms. The Morgan fingerprint density at radius 3 is 1.45 bits per heavy atom. The molecule has 0 fully saturated rings. The summed E-state index contributed by atoms with van der Waals surface area (Å²) >= 11 is 0. The van der Waals surface area contributed by atoms with Crippen molar-refractivity contribution >= 4 is 23.9 Å². The molecule has 0 rings (SSSR count). The second-order valence-corrected chi connectivity index (χ2v) is 7.67. The molecule has 222 valence electrons. The quantitative estimate of drug-likeness (QED) is 0.234. The number of aliphatic hydroxyl groups excluding tert-OH is 1. The van der Waals surface area contributed by atoms with E-state index in [2.05, 4.69) is 61.5 Å². The van der Waals surface area contributed by atoms with Gasteiger partial charge in [-0.1, -0.05) is 60.4 Å². The van der Waals surface area contributed by atoms with Crippen molar-refractivity contribution in [2.24, 2.45) is 0 Å². The van der Waals surface area contributed by atoms with Gasteiger partial charge in [-0.05, 0) is 53.2 Å². The minimum absolute atomic E-state index is 0.0334. The molecule has 10 heteroatoms. The van der Waals surface area contributed by atoms with Gasteiger partial charge < -0.3 is 29.7 Å². The average molecular weight is 546 g/mol. The number of carbonyl (C=O) groups excluding carboxylic acids is 2. The van der Waals surface area contributed by atoms with E-state index < -0.39 is 24.0 Å². The Kier molecular flexibility index (Phi) is 37.4. The van der Waals surface area contributed by atoms with E-state index in [-0.39, 0.29) is 12.6 Å². The number of unbranched alkanes of at least 4 members (excludes halogenated alkanes) is 1. The van der Waals surface area contributed by atoms with Gasteiger partial charge in [0.05, 0.1) is 13.2 Å².